The van der Waals surface area contributed by atoms with E-state index >= 15 is 0 Å². The number of halogens is 2. The van der Waals surface area contributed by atoms with E-state index in [9.17, 15) is 13.6 Å². The van der Waals surface area contributed by atoms with E-state index in [1.807, 2.05) is 12.1 Å². The molecule has 0 unspecified atom stereocenters. The summed E-state index contributed by atoms with van der Waals surface area (Å²) < 4.78 is 28.7. The molecule has 0 saturated carbocycles. The van der Waals surface area contributed by atoms with Gasteiger partial charge in [0.15, 0.2) is 0 Å². The number of carbonyl (C=O) groups excluding carboxylic acids is 1. The zero-order chi connectivity index (χ0) is 15.6. The summed E-state index contributed by atoms with van der Waals surface area (Å²) in [4.78, 5) is 11.9. The van der Waals surface area contributed by atoms with Crippen LogP contribution in [0, 0.1) is 0 Å². The van der Waals surface area contributed by atoms with Crippen molar-refractivity contribution in [1.82, 2.24) is 0 Å². The van der Waals surface area contributed by atoms with E-state index < -0.39 is 11.8 Å². The number of rotatable bonds is 3. The van der Waals surface area contributed by atoms with E-state index in [0.717, 1.165) is 5.39 Å². The molecule has 0 aliphatic rings. The molecule has 1 N–H and O–H groups in total. The van der Waals surface area contributed by atoms with Gasteiger partial charge in [0.05, 0.1) is 0 Å². The van der Waals surface area contributed by atoms with Crippen molar-refractivity contribution in [2.45, 2.75) is 5.92 Å². The fourth-order valence-electron chi connectivity index (χ4n) is 2.25. The summed E-state index contributed by atoms with van der Waals surface area (Å²) in [6, 6.07) is 19.6. The lowest BCUT2D eigenvalue weighted by molar-refractivity contribution is -0.140. The fourth-order valence-corrected chi connectivity index (χ4v) is 2.25. The Kier molecular flexibility index (Phi) is 3.59. The van der Waals surface area contributed by atoms with Gasteiger partial charge < -0.3 is 5.32 Å². The molecular formula is C18H13F2NO. The van der Waals surface area contributed by atoms with Crippen molar-refractivity contribution in [3.63, 3.8) is 0 Å². The van der Waals surface area contributed by atoms with E-state index in [4.69, 9.17) is 0 Å². The average molecular weight is 297 g/mol. The fraction of sp³-hybridized carbons (Fsp3) is 0.0556. The van der Waals surface area contributed by atoms with Crippen LogP contribution in [-0.4, -0.2) is 5.91 Å². The van der Waals surface area contributed by atoms with Gasteiger partial charge in [0.2, 0.25) is 0 Å². The zero-order valence-electron chi connectivity index (χ0n) is 11.6. The topological polar surface area (TPSA) is 29.1 Å². The molecule has 0 spiro atoms. The van der Waals surface area contributed by atoms with Gasteiger partial charge in [0.1, 0.15) is 0 Å². The Labute approximate surface area is 126 Å². The first-order valence-corrected chi connectivity index (χ1v) is 6.81. The molecule has 0 aliphatic carbocycles. The van der Waals surface area contributed by atoms with Crippen LogP contribution in [0.4, 0.5) is 14.5 Å². The van der Waals surface area contributed by atoms with Crippen LogP contribution >= 0.6 is 0 Å². The first kappa shape index (κ1) is 14.2. The number of hydrogen-bond acceptors (Lipinski definition) is 1. The first-order chi connectivity index (χ1) is 10.6. The molecule has 0 aromatic heterocycles. The maximum Gasteiger partial charge on any atom is 0.350 e. The van der Waals surface area contributed by atoms with Gasteiger partial charge in [-0.25, -0.2) is 0 Å². The second-order valence-electron chi connectivity index (χ2n) is 4.96. The first-order valence-electron chi connectivity index (χ1n) is 6.81. The summed E-state index contributed by atoms with van der Waals surface area (Å²) in [6.45, 7) is 0. The number of amides is 1. The molecule has 0 heterocycles. The molecule has 3 aromatic carbocycles. The third-order valence-electron chi connectivity index (χ3n) is 3.43. The average Bonchev–Trinajstić information content (AvgIpc) is 2.55. The highest BCUT2D eigenvalue weighted by atomic mass is 19.3. The maximum atomic E-state index is 14.4. The molecule has 0 saturated heterocycles. The van der Waals surface area contributed by atoms with Crippen molar-refractivity contribution in [3.05, 3.63) is 78.4 Å². The predicted molar refractivity (Wildman–Crippen MR) is 82.9 cm³/mol. The highest BCUT2D eigenvalue weighted by molar-refractivity contribution is 5.97. The minimum Gasteiger partial charge on any atom is -0.321 e. The monoisotopic (exact) mass is 297 g/mol. The van der Waals surface area contributed by atoms with Gasteiger partial charge in [-0.3, -0.25) is 4.79 Å². The summed E-state index contributed by atoms with van der Waals surface area (Å²) >= 11 is 0. The molecule has 0 fully saturated rings. The van der Waals surface area contributed by atoms with Crippen LogP contribution in [0.15, 0.2) is 72.8 Å². The second-order valence-corrected chi connectivity index (χ2v) is 4.96. The van der Waals surface area contributed by atoms with Crippen molar-refractivity contribution in [1.29, 1.82) is 0 Å². The quantitative estimate of drug-likeness (QED) is 0.754. The van der Waals surface area contributed by atoms with Crippen LogP contribution in [0.2, 0.25) is 0 Å². The smallest absolute Gasteiger partial charge is 0.321 e. The lowest BCUT2D eigenvalue weighted by Gasteiger charge is -2.17. The third-order valence-corrected chi connectivity index (χ3v) is 3.43. The van der Waals surface area contributed by atoms with Crippen LogP contribution in [0.25, 0.3) is 10.8 Å². The third kappa shape index (κ3) is 2.68. The molecule has 3 aromatic rings. The van der Waals surface area contributed by atoms with Gasteiger partial charge in [-0.2, -0.15) is 8.78 Å². The number of carbonyl (C=O) groups is 1. The Morgan fingerprint density at radius 1 is 0.818 bits per heavy atom. The van der Waals surface area contributed by atoms with Crippen LogP contribution in [0.5, 0.6) is 0 Å². The predicted octanol–water partition coefficient (Wildman–Crippen LogP) is 4.57. The van der Waals surface area contributed by atoms with Crippen molar-refractivity contribution >= 4 is 22.4 Å². The van der Waals surface area contributed by atoms with E-state index in [1.165, 1.54) is 12.1 Å². The molecule has 4 heteroatoms. The van der Waals surface area contributed by atoms with E-state index in [0.29, 0.717) is 11.1 Å². The second kappa shape index (κ2) is 5.56. The van der Waals surface area contributed by atoms with Crippen molar-refractivity contribution in [3.8, 4) is 0 Å². The molecule has 22 heavy (non-hydrogen) atoms. The lowest BCUT2D eigenvalue weighted by atomic mass is 10.0. The van der Waals surface area contributed by atoms with Crippen molar-refractivity contribution < 1.29 is 13.6 Å². The highest BCUT2D eigenvalue weighted by Crippen LogP contribution is 2.31. The Morgan fingerprint density at radius 3 is 2.18 bits per heavy atom. The summed E-state index contributed by atoms with van der Waals surface area (Å²) in [5.41, 5.74) is 0.0209. The normalized spacial score (nSPS) is 11.4. The van der Waals surface area contributed by atoms with Gasteiger partial charge in [-0.05, 0) is 29.0 Å². The molecule has 0 bridgehead atoms. The summed E-state index contributed by atoms with van der Waals surface area (Å²) in [5, 5.41) is 3.77. The maximum absolute atomic E-state index is 14.4. The number of para-hydroxylation sites is 1. The van der Waals surface area contributed by atoms with Crippen LogP contribution in [-0.2, 0) is 10.7 Å². The number of benzene rings is 3. The lowest BCUT2D eigenvalue weighted by Crippen LogP contribution is -2.32. The number of anilines is 1. The summed E-state index contributed by atoms with van der Waals surface area (Å²) in [7, 11) is 0. The van der Waals surface area contributed by atoms with Crippen LogP contribution < -0.4 is 5.32 Å². The van der Waals surface area contributed by atoms with Gasteiger partial charge >= 0.3 is 5.92 Å². The van der Waals surface area contributed by atoms with Gasteiger partial charge in [-0.1, -0.05) is 54.6 Å². The molecule has 2 nitrogen and oxygen atoms in total. The number of fused-ring (bicyclic) bond motifs is 1. The largest absolute Gasteiger partial charge is 0.350 e. The number of hydrogen-bond donors (Lipinski definition) is 1. The Balaban J connectivity index is 1.91. The van der Waals surface area contributed by atoms with E-state index in [-0.39, 0.29) is 5.56 Å². The van der Waals surface area contributed by atoms with Crippen molar-refractivity contribution in [2.24, 2.45) is 0 Å². The van der Waals surface area contributed by atoms with Gasteiger partial charge in [-0.15, -0.1) is 0 Å². The highest BCUT2D eigenvalue weighted by Gasteiger charge is 2.41. The molecular weight excluding hydrogens is 284 g/mol. The summed E-state index contributed by atoms with van der Waals surface area (Å²) in [5.74, 6) is -4.94. The molecule has 0 aliphatic heterocycles. The number of alkyl halides is 2. The standard InChI is InChI=1S/C18H13F2NO/c19-18(20,17(22)21-16-8-2-1-3-9-16)15-11-10-13-6-4-5-7-14(13)12-15/h1-12H,(H,21,22). The summed E-state index contributed by atoms with van der Waals surface area (Å²) in [6.07, 6.45) is 0. The molecule has 3 rings (SSSR count). The Bertz CT molecular complexity index is 815. The van der Waals surface area contributed by atoms with Crippen LogP contribution in [0.1, 0.15) is 5.56 Å². The van der Waals surface area contributed by atoms with Gasteiger partial charge in [0.25, 0.3) is 5.91 Å². The molecule has 0 atom stereocenters. The molecule has 1 amide bonds. The van der Waals surface area contributed by atoms with Gasteiger partial charge in [0, 0.05) is 11.3 Å². The zero-order valence-corrected chi connectivity index (χ0v) is 11.6. The Morgan fingerprint density at radius 2 is 1.45 bits per heavy atom. The minimum atomic E-state index is -3.60. The van der Waals surface area contributed by atoms with E-state index in [1.54, 1.807) is 48.5 Å². The van der Waals surface area contributed by atoms with Crippen molar-refractivity contribution in [2.75, 3.05) is 5.32 Å². The minimum absolute atomic E-state index is 0.320. The number of nitrogens with one attached hydrogen (secondary N) is 1. The van der Waals surface area contributed by atoms with E-state index in [2.05, 4.69) is 5.32 Å². The SMILES string of the molecule is O=C(Nc1ccccc1)C(F)(F)c1ccc2ccccc2c1. The van der Waals surface area contributed by atoms with Crippen LogP contribution in [0.3, 0.4) is 0 Å². The molecule has 0 radical (unpaired) electrons. The molecule has 110 valence electrons. The Hall–Kier alpha value is -2.75.